The van der Waals surface area contributed by atoms with Gasteiger partial charge in [0, 0.05) is 34.3 Å². The number of esters is 1. The Labute approximate surface area is 155 Å². The van der Waals surface area contributed by atoms with Crippen molar-refractivity contribution in [2.24, 2.45) is 0 Å². The molecule has 0 radical (unpaired) electrons. The Bertz CT molecular complexity index is 1190. The van der Waals surface area contributed by atoms with Gasteiger partial charge in [-0.05, 0) is 36.8 Å². The maximum Gasteiger partial charge on any atom is 0.338 e. The molecule has 1 heterocycles. The predicted molar refractivity (Wildman–Crippen MR) is 104 cm³/mol. The van der Waals surface area contributed by atoms with Gasteiger partial charge in [0.1, 0.15) is 11.3 Å². The van der Waals surface area contributed by atoms with Crippen LogP contribution in [0.2, 0.25) is 0 Å². The minimum Gasteiger partial charge on any atom is -0.462 e. The van der Waals surface area contributed by atoms with E-state index in [-0.39, 0.29) is 5.97 Å². The lowest BCUT2D eigenvalue weighted by Gasteiger charge is -2.17. The molecule has 0 aromatic heterocycles. The molecule has 4 rings (SSSR count). The topological polar surface area (TPSA) is 91.0 Å². The van der Waals surface area contributed by atoms with Crippen molar-refractivity contribution in [2.75, 3.05) is 12.3 Å². The number of ether oxygens (including phenoxy) is 1. The Morgan fingerprint density at radius 1 is 1.07 bits per heavy atom. The normalized spacial score (nSPS) is 11.0. The molecular weight excluding hydrogens is 340 g/mol. The second-order valence-electron chi connectivity index (χ2n) is 6.25. The monoisotopic (exact) mass is 359 g/mol. The van der Waals surface area contributed by atoms with Gasteiger partial charge in [-0.3, -0.25) is 5.41 Å². The quantitative estimate of drug-likeness (QED) is 0.334. The molecule has 2 aromatic carbocycles. The van der Waals surface area contributed by atoms with Gasteiger partial charge in [-0.25, -0.2) is 4.79 Å². The zero-order chi connectivity index (χ0) is 19.0. The number of carbonyl (C=O) groups excluding carboxylic acids is 1. The van der Waals surface area contributed by atoms with Gasteiger partial charge in [-0.15, -0.1) is 0 Å². The minimum absolute atomic E-state index is 0.311. The molecule has 5 heteroatoms. The van der Waals surface area contributed by atoms with E-state index in [1.165, 1.54) is 0 Å². The van der Waals surface area contributed by atoms with Crippen LogP contribution in [0.4, 0.5) is 5.69 Å². The first-order valence-electron chi connectivity index (χ1n) is 8.69. The van der Waals surface area contributed by atoms with Gasteiger partial charge in [0.2, 0.25) is 0 Å². The fraction of sp³-hybridized carbons (Fsp3) is 0.0909. The highest BCUT2D eigenvalue weighted by Gasteiger charge is 2.22. The summed E-state index contributed by atoms with van der Waals surface area (Å²) in [5.41, 5.74) is 10.2. The summed E-state index contributed by atoms with van der Waals surface area (Å²) in [7, 11) is 0. The van der Waals surface area contributed by atoms with E-state index in [1.807, 2.05) is 42.5 Å². The van der Waals surface area contributed by atoms with E-state index in [2.05, 4.69) is 0 Å². The van der Waals surface area contributed by atoms with Gasteiger partial charge in [-0.1, -0.05) is 18.2 Å². The predicted octanol–water partition coefficient (Wildman–Crippen LogP) is 2.62. The second-order valence-corrected chi connectivity index (χ2v) is 6.25. The third-order valence-electron chi connectivity index (χ3n) is 4.46. The number of anilines is 1. The smallest absolute Gasteiger partial charge is 0.338 e. The number of carbonyl (C=O) groups is 1. The highest BCUT2D eigenvalue weighted by molar-refractivity contribution is 6.08. The molecule has 134 valence electrons. The second kappa shape index (κ2) is 6.61. The third kappa shape index (κ3) is 2.93. The molecule has 0 amide bonds. The summed E-state index contributed by atoms with van der Waals surface area (Å²) >= 11 is 0. The summed E-state index contributed by atoms with van der Waals surface area (Å²) in [5.74, 6) is 0.267. The molecule has 1 aliphatic carbocycles. The Balaban J connectivity index is 2.13. The van der Waals surface area contributed by atoms with Crippen molar-refractivity contribution >= 4 is 22.6 Å². The highest BCUT2D eigenvalue weighted by atomic mass is 16.5. The van der Waals surface area contributed by atoms with Crippen LogP contribution in [0, 0.1) is 0 Å². The summed E-state index contributed by atoms with van der Waals surface area (Å²) in [6, 6.07) is 18.4. The number of benzene rings is 3. The molecule has 27 heavy (non-hydrogen) atoms. The third-order valence-corrected chi connectivity index (χ3v) is 4.46. The molecule has 2 aromatic rings. The van der Waals surface area contributed by atoms with Gasteiger partial charge < -0.3 is 14.9 Å². The zero-order valence-electron chi connectivity index (χ0n) is 14.9. The fourth-order valence-corrected chi connectivity index (χ4v) is 3.30. The molecule has 0 bridgehead atoms. The lowest BCUT2D eigenvalue weighted by atomic mass is 9.90. The van der Waals surface area contributed by atoms with E-state index in [9.17, 15) is 4.79 Å². The van der Waals surface area contributed by atoms with Crippen LogP contribution in [0.25, 0.3) is 33.4 Å². The fourth-order valence-electron chi connectivity index (χ4n) is 3.30. The van der Waals surface area contributed by atoms with Crippen LogP contribution in [0.15, 0.2) is 65.1 Å². The average molecular weight is 359 g/mol. The van der Waals surface area contributed by atoms with E-state index < -0.39 is 0 Å². The first kappa shape index (κ1) is 16.8. The van der Waals surface area contributed by atoms with Crippen molar-refractivity contribution in [3.63, 3.8) is 0 Å². The van der Waals surface area contributed by atoms with Crippen molar-refractivity contribution in [3.8, 4) is 22.5 Å². The van der Waals surface area contributed by atoms with Crippen molar-refractivity contribution in [1.29, 1.82) is 0 Å². The highest BCUT2D eigenvalue weighted by Crippen LogP contribution is 2.41. The summed E-state index contributed by atoms with van der Waals surface area (Å²) in [5, 5.41) is 7.40. The Morgan fingerprint density at radius 3 is 2.70 bits per heavy atom. The van der Waals surface area contributed by atoms with Crippen molar-refractivity contribution in [3.05, 3.63) is 71.6 Å². The molecule has 2 aliphatic rings. The summed E-state index contributed by atoms with van der Waals surface area (Å²) in [6.07, 6.45) is 0. The molecule has 0 saturated heterocycles. The molecule has 0 spiro atoms. The van der Waals surface area contributed by atoms with E-state index in [0.29, 0.717) is 34.6 Å². The summed E-state index contributed by atoms with van der Waals surface area (Å²) in [4.78, 5) is 12.5. The Morgan fingerprint density at radius 2 is 1.89 bits per heavy atom. The van der Waals surface area contributed by atoms with Crippen LogP contribution in [0.3, 0.4) is 0 Å². The number of rotatable bonds is 3. The van der Waals surface area contributed by atoms with Gasteiger partial charge in [0.25, 0.3) is 0 Å². The van der Waals surface area contributed by atoms with Gasteiger partial charge in [-0.2, -0.15) is 0 Å². The first-order chi connectivity index (χ1) is 13.1. The van der Waals surface area contributed by atoms with Crippen molar-refractivity contribution in [1.82, 2.24) is 0 Å². The molecule has 0 fully saturated rings. The number of nitrogens with two attached hydrogens (primary N) is 2. The molecule has 1 aliphatic heterocycles. The van der Waals surface area contributed by atoms with E-state index in [4.69, 9.17) is 20.3 Å². The largest absolute Gasteiger partial charge is 0.462 e. The van der Waals surface area contributed by atoms with Gasteiger partial charge in [0.15, 0.2) is 5.36 Å². The SMILES string of the molecule is CCOC(=O)c1ccccc1-c1c2ccc(=[NH2+])cc-2oc2cc(N)ccc12. The lowest BCUT2D eigenvalue weighted by Crippen LogP contribution is -2.44. The van der Waals surface area contributed by atoms with Crippen molar-refractivity contribution in [2.45, 2.75) is 6.92 Å². The van der Waals surface area contributed by atoms with Crippen molar-refractivity contribution < 1.29 is 19.4 Å². The van der Waals surface area contributed by atoms with Crippen LogP contribution in [-0.2, 0) is 4.74 Å². The number of fused-ring (bicyclic) bond motifs is 2. The maximum absolute atomic E-state index is 12.5. The van der Waals surface area contributed by atoms with E-state index in [0.717, 1.165) is 22.1 Å². The Kier molecular flexibility index (Phi) is 4.12. The van der Waals surface area contributed by atoms with E-state index >= 15 is 0 Å². The van der Waals surface area contributed by atoms with Crippen LogP contribution in [-0.4, -0.2) is 12.6 Å². The number of hydrogen-bond acceptors (Lipinski definition) is 4. The molecule has 0 atom stereocenters. The van der Waals surface area contributed by atoms with E-state index in [1.54, 1.807) is 25.1 Å². The number of nitrogen functional groups attached to an aromatic ring is 1. The maximum atomic E-state index is 12.5. The minimum atomic E-state index is -0.360. The average Bonchev–Trinajstić information content (AvgIpc) is 2.66. The molecule has 0 unspecified atom stereocenters. The Hall–Kier alpha value is -3.60. The molecular formula is C22H19N2O3+. The van der Waals surface area contributed by atoms with Gasteiger partial charge >= 0.3 is 5.97 Å². The van der Waals surface area contributed by atoms with Crippen LogP contribution >= 0.6 is 0 Å². The first-order valence-corrected chi connectivity index (χ1v) is 8.69. The molecule has 4 N–H and O–H groups in total. The van der Waals surface area contributed by atoms with Crippen LogP contribution in [0.5, 0.6) is 0 Å². The van der Waals surface area contributed by atoms with Crippen LogP contribution < -0.4 is 16.5 Å². The molecule has 5 nitrogen and oxygen atoms in total. The van der Waals surface area contributed by atoms with Gasteiger partial charge in [0.05, 0.1) is 18.2 Å². The molecule has 0 saturated carbocycles. The summed E-state index contributed by atoms with van der Waals surface area (Å²) < 4.78 is 11.3. The summed E-state index contributed by atoms with van der Waals surface area (Å²) in [6.45, 7) is 2.10. The standard InChI is InChI=1S/C22H18N2O3/c1-2-26-22(25)16-6-4-3-5-15(16)21-17-9-7-13(23)11-19(17)27-20-12-14(24)8-10-18(20)21/h3-12,23H,2,24H2,1H3/p+1. The zero-order valence-corrected chi connectivity index (χ0v) is 14.9. The lowest BCUT2D eigenvalue weighted by molar-refractivity contribution is -0.172. The number of hydrogen-bond donors (Lipinski definition) is 2. The van der Waals surface area contributed by atoms with Crippen LogP contribution in [0.1, 0.15) is 17.3 Å².